The lowest BCUT2D eigenvalue weighted by molar-refractivity contribution is 0.0602. The predicted molar refractivity (Wildman–Crippen MR) is 95.3 cm³/mol. The number of para-hydroxylation sites is 1. The minimum atomic E-state index is -3.38. The molecule has 0 aliphatic carbocycles. The van der Waals surface area contributed by atoms with Crippen LogP contribution >= 0.6 is 0 Å². The molecule has 0 amide bonds. The number of nitrogens with one attached hydrogen (secondary N) is 2. The molecule has 2 heterocycles. The van der Waals surface area contributed by atoms with Crippen molar-refractivity contribution in [3.05, 3.63) is 29.8 Å². The van der Waals surface area contributed by atoms with Crippen LogP contribution < -0.4 is 10.0 Å². The lowest BCUT2D eigenvalue weighted by Crippen LogP contribution is -2.47. The first kappa shape index (κ1) is 17.7. The van der Waals surface area contributed by atoms with Gasteiger partial charge in [-0.1, -0.05) is 18.2 Å². The van der Waals surface area contributed by atoms with Crippen LogP contribution in [0.2, 0.25) is 0 Å². The number of fused-ring (bicyclic) bond motifs is 1. The van der Waals surface area contributed by atoms with Crippen molar-refractivity contribution in [1.82, 2.24) is 9.03 Å². The fraction of sp³-hybridized carbons (Fsp3) is 0.647. The molecular weight excluding hydrogens is 326 g/mol. The fourth-order valence-electron chi connectivity index (χ4n) is 3.48. The Bertz CT molecular complexity index is 642. The maximum absolute atomic E-state index is 12.4. The van der Waals surface area contributed by atoms with Crippen molar-refractivity contribution >= 4 is 15.9 Å². The summed E-state index contributed by atoms with van der Waals surface area (Å²) in [6, 6.07) is 8.64. The summed E-state index contributed by atoms with van der Waals surface area (Å²) in [6.07, 6.45) is 4.59. The van der Waals surface area contributed by atoms with Crippen molar-refractivity contribution in [1.29, 1.82) is 0 Å². The number of anilines is 1. The van der Waals surface area contributed by atoms with Crippen LogP contribution in [0.5, 0.6) is 0 Å². The average molecular weight is 353 g/mol. The van der Waals surface area contributed by atoms with E-state index in [4.69, 9.17) is 4.74 Å². The fourth-order valence-corrected chi connectivity index (χ4v) is 4.73. The van der Waals surface area contributed by atoms with Gasteiger partial charge in [-0.25, -0.2) is 4.72 Å². The molecule has 24 heavy (non-hydrogen) atoms. The van der Waals surface area contributed by atoms with Crippen molar-refractivity contribution < 1.29 is 13.2 Å². The second kappa shape index (κ2) is 7.82. The van der Waals surface area contributed by atoms with Gasteiger partial charge >= 0.3 is 0 Å². The second-order valence-electron chi connectivity index (χ2n) is 6.56. The highest BCUT2D eigenvalue weighted by molar-refractivity contribution is 7.87. The molecule has 3 rings (SSSR count). The molecule has 2 N–H and O–H groups in total. The van der Waals surface area contributed by atoms with E-state index in [1.165, 1.54) is 15.6 Å². The Balaban J connectivity index is 1.45. The maximum Gasteiger partial charge on any atom is 0.279 e. The molecule has 2 aliphatic rings. The average Bonchev–Trinajstić information content (AvgIpc) is 2.61. The van der Waals surface area contributed by atoms with Gasteiger partial charge in [-0.2, -0.15) is 12.7 Å². The zero-order valence-electron chi connectivity index (χ0n) is 14.2. The molecular formula is C17H27N3O3S. The normalized spacial score (nSPS) is 22.8. The number of aryl methyl sites for hydroxylation is 1. The molecule has 0 radical (unpaired) electrons. The SMILES string of the molecule is COC1CCN(S(=O)(=O)NCCC2CCc3ccccc3N2)CC1. The van der Waals surface area contributed by atoms with Gasteiger partial charge < -0.3 is 10.1 Å². The third-order valence-corrected chi connectivity index (χ3v) is 6.60. The third-order valence-electron chi connectivity index (χ3n) is 4.99. The Kier molecular flexibility index (Phi) is 5.76. The van der Waals surface area contributed by atoms with Crippen LogP contribution in [0.15, 0.2) is 24.3 Å². The number of ether oxygens (including phenoxy) is 1. The van der Waals surface area contributed by atoms with E-state index in [9.17, 15) is 8.42 Å². The summed E-state index contributed by atoms with van der Waals surface area (Å²) in [5.74, 6) is 0. The molecule has 1 unspecified atom stereocenters. The van der Waals surface area contributed by atoms with E-state index in [0.29, 0.717) is 25.7 Å². The van der Waals surface area contributed by atoms with Crippen LogP contribution in [0.25, 0.3) is 0 Å². The monoisotopic (exact) mass is 353 g/mol. The molecule has 1 fully saturated rings. The summed E-state index contributed by atoms with van der Waals surface area (Å²) < 4.78 is 34.3. The summed E-state index contributed by atoms with van der Waals surface area (Å²) in [5.41, 5.74) is 2.52. The molecule has 7 heteroatoms. The molecule has 134 valence electrons. The van der Waals surface area contributed by atoms with E-state index in [1.54, 1.807) is 7.11 Å². The molecule has 6 nitrogen and oxygen atoms in total. The minimum absolute atomic E-state index is 0.183. The van der Waals surface area contributed by atoms with Crippen molar-refractivity contribution in [2.75, 3.05) is 32.1 Å². The maximum atomic E-state index is 12.4. The van der Waals surface area contributed by atoms with Crippen molar-refractivity contribution in [2.45, 2.75) is 44.2 Å². The van der Waals surface area contributed by atoms with Gasteiger partial charge in [0.1, 0.15) is 0 Å². The smallest absolute Gasteiger partial charge is 0.279 e. The van der Waals surface area contributed by atoms with Gasteiger partial charge in [0, 0.05) is 38.5 Å². The number of hydrogen-bond acceptors (Lipinski definition) is 4. The van der Waals surface area contributed by atoms with E-state index >= 15 is 0 Å². The van der Waals surface area contributed by atoms with Gasteiger partial charge in [-0.3, -0.25) is 0 Å². The Morgan fingerprint density at radius 2 is 2.00 bits per heavy atom. The summed E-state index contributed by atoms with van der Waals surface area (Å²) >= 11 is 0. The number of benzene rings is 1. The van der Waals surface area contributed by atoms with Crippen LogP contribution in [0.3, 0.4) is 0 Å². The first-order valence-corrected chi connectivity index (χ1v) is 10.1. The van der Waals surface area contributed by atoms with E-state index in [0.717, 1.165) is 32.1 Å². The minimum Gasteiger partial charge on any atom is -0.382 e. The quantitative estimate of drug-likeness (QED) is 0.817. The first-order chi connectivity index (χ1) is 11.6. The summed E-state index contributed by atoms with van der Waals surface area (Å²) in [6.45, 7) is 1.53. The van der Waals surface area contributed by atoms with Gasteiger partial charge in [0.05, 0.1) is 6.10 Å². The number of nitrogens with zero attached hydrogens (tertiary/aromatic N) is 1. The van der Waals surface area contributed by atoms with Gasteiger partial charge in [-0.15, -0.1) is 0 Å². The highest BCUT2D eigenvalue weighted by Gasteiger charge is 2.27. The standard InChI is InChI=1S/C17H27N3O3S/c1-23-16-9-12-20(13-10-16)24(21,22)18-11-8-15-7-6-14-4-2-3-5-17(14)19-15/h2-5,15-16,18-19H,6-13H2,1H3. The van der Waals surface area contributed by atoms with Crippen LogP contribution in [0.4, 0.5) is 5.69 Å². The van der Waals surface area contributed by atoms with Crippen LogP contribution in [0.1, 0.15) is 31.2 Å². The molecule has 1 aromatic rings. The molecule has 1 saturated heterocycles. The molecule has 1 atom stereocenters. The van der Waals surface area contributed by atoms with Gasteiger partial charge in [-0.05, 0) is 43.7 Å². The van der Waals surface area contributed by atoms with E-state index in [1.807, 2.05) is 6.07 Å². The third kappa shape index (κ3) is 4.27. The highest BCUT2D eigenvalue weighted by Crippen LogP contribution is 2.25. The van der Waals surface area contributed by atoms with Crippen LogP contribution in [0, 0.1) is 0 Å². The van der Waals surface area contributed by atoms with E-state index in [2.05, 4.69) is 28.2 Å². The van der Waals surface area contributed by atoms with Crippen molar-refractivity contribution in [3.8, 4) is 0 Å². The molecule has 2 aliphatic heterocycles. The highest BCUT2D eigenvalue weighted by atomic mass is 32.2. The van der Waals surface area contributed by atoms with Gasteiger partial charge in [0.25, 0.3) is 10.2 Å². The predicted octanol–water partition coefficient (Wildman–Crippen LogP) is 1.75. The van der Waals surface area contributed by atoms with E-state index in [-0.39, 0.29) is 6.10 Å². The lowest BCUT2D eigenvalue weighted by Gasteiger charge is -2.31. The molecule has 0 saturated carbocycles. The first-order valence-electron chi connectivity index (χ1n) is 8.70. The lowest BCUT2D eigenvalue weighted by atomic mass is 9.96. The zero-order valence-corrected chi connectivity index (χ0v) is 15.0. The zero-order chi connectivity index (χ0) is 17.0. The van der Waals surface area contributed by atoms with Gasteiger partial charge in [0.2, 0.25) is 0 Å². The molecule has 0 spiro atoms. The Morgan fingerprint density at radius 1 is 1.25 bits per heavy atom. The number of piperidine rings is 1. The Labute approximate surface area is 144 Å². The van der Waals surface area contributed by atoms with Crippen molar-refractivity contribution in [3.63, 3.8) is 0 Å². The summed E-state index contributed by atoms with van der Waals surface area (Å²) in [5, 5.41) is 3.51. The largest absolute Gasteiger partial charge is 0.382 e. The molecule has 0 aromatic heterocycles. The summed E-state index contributed by atoms with van der Waals surface area (Å²) in [4.78, 5) is 0. The van der Waals surface area contributed by atoms with Crippen LogP contribution in [-0.2, 0) is 21.4 Å². The van der Waals surface area contributed by atoms with Crippen LogP contribution in [-0.4, -0.2) is 51.6 Å². The molecule has 0 bridgehead atoms. The summed E-state index contributed by atoms with van der Waals surface area (Å²) in [7, 11) is -1.69. The van der Waals surface area contributed by atoms with Crippen molar-refractivity contribution in [2.24, 2.45) is 0 Å². The second-order valence-corrected chi connectivity index (χ2v) is 8.31. The Hall–Kier alpha value is -1.15. The van der Waals surface area contributed by atoms with Gasteiger partial charge in [0.15, 0.2) is 0 Å². The molecule has 1 aromatic carbocycles. The number of rotatable bonds is 6. The number of hydrogen-bond donors (Lipinski definition) is 2. The number of methoxy groups -OCH3 is 1. The topological polar surface area (TPSA) is 70.7 Å². The Morgan fingerprint density at radius 3 is 2.75 bits per heavy atom. The van der Waals surface area contributed by atoms with E-state index < -0.39 is 10.2 Å².